The second kappa shape index (κ2) is 10.2. The van der Waals surface area contributed by atoms with E-state index >= 15 is 4.39 Å². The highest BCUT2D eigenvalue weighted by Gasteiger charge is 2.50. The van der Waals surface area contributed by atoms with Crippen molar-refractivity contribution in [2.45, 2.75) is 61.9 Å². The number of rotatable bonds is 4. The SMILES string of the molecule is C#Cc1c(F)ccc2cc(O)cc(-c3nc4c5c(nc(OC[C@@]67CCCN6C[C@H](F)C7)nc5c3F)N3CC5CCC(N5)[C@@H]3C(=O)N4)c12. The topological polar surface area (TPSA) is 116 Å². The number of fused-ring (bicyclic) bond motifs is 7. The molecule has 5 aliphatic heterocycles. The standard InChI is InChI=1S/C34H30F3N7O3/c1-2-20-22(36)6-4-16-10-19(45)11-21(24(16)20)27-26(37)28-25-30(39-27)41-32(46)29-23-7-5-18(38-23)14-44(29)31(25)42-33(40-28)47-15-34-8-3-9-43(34)13-17(35)12-34/h1,4,6,10-11,17-18,23,29,38,45H,3,5,7-9,12-15H2,(H,39,41,46)/t17-,18?,23?,29-,34+/m1/s1. The molecule has 5 atom stereocenters. The summed E-state index contributed by atoms with van der Waals surface area (Å²) < 4.78 is 52.8. The van der Waals surface area contributed by atoms with E-state index in [-0.39, 0.29) is 75.3 Å². The average Bonchev–Trinajstić information content (AvgIpc) is 3.69. The lowest BCUT2D eigenvalue weighted by Crippen LogP contribution is -2.62. The molecule has 3 N–H and O–H groups in total. The highest BCUT2D eigenvalue weighted by molar-refractivity contribution is 6.12. The number of benzene rings is 2. The normalized spacial score (nSPS) is 27.9. The van der Waals surface area contributed by atoms with Gasteiger partial charge in [0.15, 0.2) is 5.82 Å². The minimum Gasteiger partial charge on any atom is -0.508 e. The number of aromatic hydroxyl groups is 1. The number of amides is 1. The molecule has 0 saturated carbocycles. The van der Waals surface area contributed by atoms with Gasteiger partial charge in [-0.3, -0.25) is 9.69 Å². The number of hydrogen-bond acceptors (Lipinski definition) is 9. The van der Waals surface area contributed by atoms with Gasteiger partial charge in [-0.1, -0.05) is 12.0 Å². The van der Waals surface area contributed by atoms with Crippen molar-refractivity contribution in [1.29, 1.82) is 0 Å². The van der Waals surface area contributed by atoms with E-state index in [0.29, 0.717) is 30.7 Å². The van der Waals surface area contributed by atoms with E-state index in [9.17, 15) is 18.7 Å². The molecule has 7 heterocycles. The quantitative estimate of drug-likeness (QED) is 0.284. The molecular weight excluding hydrogens is 611 g/mol. The third-order valence-corrected chi connectivity index (χ3v) is 10.6. The van der Waals surface area contributed by atoms with Gasteiger partial charge in [-0.25, -0.2) is 18.2 Å². The molecule has 2 aromatic carbocycles. The zero-order valence-electron chi connectivity index (χ0n) is 25.2. The molecule has 2 bridgehead atoms. The zero-order chi connectivity index (χ0) is 32.2. The summed E-state index contributed by atoms with van der Waals surface area (Å²) >= 11 is 0. The van der Waals surface area contributed by atoms with E-state index in [1.807, 2.05) is 4.90 Å². The monoisotopic (exact) mass is 641 g/mol. The van der Waals surface area contributed by atoms with Crippen molar-refractivity contribution in [1.82, 2.24) is 25.2 Å². The summed E-state index contributed by atoms with van der Waals surface area (Å²) in [6.07, 6.45) is 8.41. The fourth-order valence-corrected chi connectivity index (χ4v) is 8.62. The molecule has 1 amide bonds. The molecule has 47 heavy (non-hydrogen) atoms. The summed E-state index contributed by atoms with van der Waals surface area (Å²) in [5.41, 5.74) is -1.04. The molecule has 0 radical (unpaired) electrons. The first kappa shape index (κ1) is 28.5. The predicted molar refractivity (Wildman–Crippen MR) is 168 cm³/mol. The van der Waals surface area contributed by atoms with Crippen LogP contribution in [0.3, 0.4) is 0 Å². The first-order valence-electron chi connectivity index (χ1n) is 15.9. The van der Waals surface area contributed by atoms with Crippen molar-refractivity contribution in [2.75, 3.05) is 36.5 Å². The van der Waals surface area contributed by atoms with Crippen LogP contribution in [-0.2, 0) is 4.79 Å². The first-order chi connectivity index (χ1) is 22.7. The highest BCUT2D eigenvalue weighted by atomic mass is 19.1. The number of pyridine rings is 1. The van der Waals surface area contributed by atoms with Gasteiger partial charge in [-0.05, 0) is 55.8 Å². The van der Waals surface area contributed by atoms with Crippen LogP contribution in [0.25, 0.3) is 32.9 Å². The lowest BCUT2D eigenvalue weighted by atomic mass is 9.95. The van der Waals surface area contributed by atoms with Gasteiger partial charge in [-0.15, -0.1) is 6.42 Å². The molecule has 0 spiro atoms. The average molecular weight is 642 g/mol. The maximum absolute atomic E-state index is 17.0. The Labute approximate surface area is 267 Å². The highest BCUT2D eigenvalue weighted by Crippen LogP contribution is 2.45. The van der Waals surface area contributed by atoms with Crippen molar-refractivity contribution >= 4 is 39.2 Å². The van der Waals surface area contributed by atoms with Gasteiger partial charge in [0.25, 0.3) is 0 Å². The summed E-state index contributed by atoms with van der Waals surface area (Å²) in [5.74, 6) is 0.555. The summed E-state index contributed by atoms with van der Waals surface area (Å²) in [5, 5.41) is 17.8. The van der Waals surface area contributed by atoms with E-state index < -0.39 is 29.4 Å². The van der Waals surface area contributed by atoms with E-state index in [0.717, 1.165) is 32.2 Å². The molecule has 10 nitrogen and oxygen atoms in total. The Balaban J connectivity index is 1.27. The Hall–Kier alpha value is -4.67. The van der Waals surface area contributed by atoms with Crippen molar-refractivity contribution in [3.8, 4) is 35.4 Å². The number of alkyl halides is 1. The number of hydrogen-bond donors (Lipinski definition) is 3. The summed E-state index contributed by atoms with van der Waals surface area (Å²) in [7, 11) is 0. The second-order valence-electron chi connectivity index (χ2n) is 13.3. The number of ether oxygens (including phenoxy) is 1. The number of carbonyl (C=O) groups excluding carboxylic acids is 1. The predicted octanol–water partition coefficient (Wildman–Crippen LogP) is 4.03. The third kappa shape index (κ3) is 4.20. The smallest absolute Gasteiger partial charge is 0.319 e. The van der Waals surface area contributed by atoms with Gasteiger partial charge in [0.05, 0.1) is 16.5 Å². The van der Waals surface area contributed by atoms with E-state index in [1.54, 1.807) is 0 Å². The molecule has 240 valence electrons. The molecule has 5 aliphatic rings. The molecule has 4 fully saturated rings. The molecule has 2 aromatic heterocycles. The molecule has 0 aliphatic carbocycles. The minimum atomic E-state index is -0.959. The van der Waals surface area contributed by atoms with Crippen molar-refractivity contribution in [3.05, 3.63) is 41.5 Å². The maximum atomic E-state index is 17.0. The number of halogens is 3. The van der Waals surface area contributed by atoms with Crippen LogP contribution in [0.5, 0.6) is 11.8 Å². The fraction of sp³-hybridized carbons (Fsp3) is 0.412. The van der Waals surface area contributed by atoms with Gasteiger partial charge < -0.3 is 25.4 Å². The fourth-order valence-electron chi connectivity index (χ4n) is 8.62. The van der Waals surface area contributed by atoms with Gasteiger partial charge >= 0.3 is 6.01 Å². The van der Waals surface area contributed by atoms with Crippen LogP contribution >= 0.6 is 0 Å². The third-order valence-electron chi connectivity index (χ3n) is 10.6. The van der Waals surface area contributed by atoms with Crippen molar-refractivity contribution in [3.63, 3.8) is 0 Å². The summed E-state index contributed by atoms with van der Waals surface area (Å²) in [4.78, 5) is 31.8. The summed E-state index contributed by atoms with van der Waals surface area (Å²) in [6.45, 7) is 1.70. The first-order valence-corrected chi connectivity index (χ1v) is 15.9. The Morgan fingerprint density at radius 1 is 1.15 bits per heavy atom. The molecule has 4 aromatic rings. The Bertz CT molecular complexity index is 2070. The van der Waals surface area contributed by atoms with Crippen LogP contribution in [0.4, 0.5) is 24.8 Å². The number of carbonyl (C=O) groups is 1. The Morgan fingerprint density at radius 2 is 2.02 bits per heavy atom. The number of phenols is 1. The number of phenolic OH excluding ortho intramolecular Hbond substituents is 1. The molecule has 4 saturated heterocycles. The number of anilines is 2. The Kier molecular flexibility index (Phi) is 6.17. The number of nitrogens with one attached hydrogen (secondary N) is 2. The van der Waals surface area contributed by atoms with E-state index in [4.69, 9.17) is 16.1 Å². The van der Waals surface area contributed by atoms with Crippen LogP contribution in [0, 0.1) is 24.0 Å². The van der Waals surface area contributed by atoms with Crippen molar-refractivity contribution in [2.24, 2.45) is 0 Å². The number of terminal acetylenes is 1. The largest absolute Gasteiger partial charge is 0.508 e. The van der Waals surface area contributed by atoms with E-state index in [2.05, 4.69) is 31.4 Å². The zero-order valence-corrected chi connectivity index (χ0v) is 25.2. The lowest BCUT2D eigenvalue weighted by molar-refractivity contribution is -0.118. The molecule has 9 rings (SSSR count). The molecule has 13 heteroatoms. The van der Waals surface area contributed by atoms with Crippen molar-refractivity contribution < 1.29 is 27.8 Å². The minimum absolute atomic E-state index is 0.0278. The van der Waals surface area contributed by atoms with E-state index in [1.165, 1.54) is 24.3 Å². The molecule has 2 unspecified atom stereocenters. The number of aromatic nitrogens is 3. The van der Waals surface area contributed by atoms with Gasteiger partial charge in [0.2, 0.25) is 5.91 Å². The van der Waals surface area contributed by atoms with Crippen LogP contribution in [0.15, 0.2) is 24.3 Å². The van der Waals surface area contributed by atoms with Gasteiger partial charge in [-0.2, -0.15) is 9.97 Å². The maximum Gasteiger partial charge on any atom is 0.319 e. The summed E-state index contributed by atoms with van der Waals surface area (Å²) in [6, 6.07) is 4.47. The van der Waals surface area contributed by atoms with Gasteiger partial charge in [0.1, 0.15) is 53.2 Å². The van der Waals surface area contributed by atoms with Crippen LogP contribution in [0.2, 0.25) is 0 Å². The lowest BCUT2D eigenvalue weighted by Gasteiger charge is -2.39. The van der Waals surface area contributed by atoms with Gasteiger partial charge in [0, 0.05) is 42.5 Å². The van der Waals surface area contributed by atoms with Crippen LogP contribution in [-0.4, -0.2) is 86.9 Å². The van der Waals surface area contributed by atoms with Crippen LogP contribution in [0.1, 0.15) is 37.7 Å². The van der Waals surface area contributed by atoms with Crippen LogP contribution < -0.4 is 20.3 Å². The molecular formula is C34H30F3N7O3. The number of nitrogens with zero attached hydrogens (tertiary/aromatic N) is 5. The Morgan fingerprint density at radius 3 is 2.87 bits per heavy atom. The second-order valence-corrected chi connectivity index (χ2v) is 13.3. The number of piperazine rings is 1.